The van der Waals surface area contributed by atoms with Gasteiger partial charge in [-0.15, -0.1) is 0 Å². The highest BCUT2D eigenvalue weighted by atomic mass is 16.5. The number of aromatic nitrogens is 3. The number of aryl methyl sites for hydroxylation is 1. The summed E-state index contributed by atoms with van der Waals surface area (Å²) in [5.74, 6) is 2.36. The zero-order valence-electron chi connectivity index (χ0n) is 19.7. The molecule has 4 fully saturated rings. The zero-order chi connectivity index (χ0) is 23.4. The lowest BCUT2D eigenvalue weighted by atomic mass is 9.91. The van der Waals surface area contributed by atoms with E-state index in [0.29, 0.717) is 35.4 Å². The normalized spacial score (nSPS) is 25.6. The summed E-state index contributed by atoms with van der Waals surface area (Å²) in [6.45, 7) is 3.25. The van der Waals surface area contributed by atoms with Crippen molar-refractivity contribution in [2.24, 2.45) is 18.9 Å². The van der Waals surface area contributed by atoms with Gasteiger partial charge in [-0.1, -0.05) is 0 Å². The lowest BCUT2D eigenvalue weighted by Gasteiger charge is -2.48. The molecular weight excluding hydrogens is 432 g/mol. The number of pyridine rings is 2. The number of nitrogens with one attached hydrogen (secondary N) is 2. The Morgan fingerprint density at radius 1 is 1.18 bits per heavy atom. The number of amides is 1. The van der Waals surface area contributed by atoms with Crippen LogP contribution in [0.2, 0.25) is 0 Å². The Bertz CT molecular complexity index is 1220. The van der Waals surface area contributed by atoms with Crippen LogP contribution >= 0.6 is 0 Å². The van der Waals surface area contributed by atoms with Gasteiger partial charge in [-0.2, -0.15) is 0 Å². The zero-order valence-corrected chi connectivity index (χ0v) is 19.7. The number of piperazine rings is 1. The average Bonchev–Trinajstić information content (AvgIpc) is 3.52. The Hall–Kier alpha value is -3.17. The minimum absolute atomic E-state index is 0.0731. The maximum absolute atomic E-state index is 12.9. The molecule has 2 unspecified atom stereocenters. The van der Waals surface area contributed by atoms with E-state index < -0.39 is 0 Å². The smallest absolute Gasteiger partial charge is 0.228 e. The van der Waals surface area contributed by atoms with E-state index in [2.05, 4.69) is 25.5 Å². The van der Waals surface area contributed by atoms with Crippen molar-refractivity contribution in [3.63, 3.8) is 0 Å². The molecule has 4 atom stereocenters. The fraction of sp³-hybridized carbons (Fsp3) is 0.480. The standard InChI is InChI=1S/C25H30N6O3/c1-30-19(23-21(33-2)4-5-26-25(23)34-3)7-14-8-22(27-10-20(14)30)29-24(32)18-6-15(18)11-31-12-16-9-17(13-31)28-16/h4-5,7-8,10,15-18,28H,6,9,11-13H2,1-3H3,(H,27,29,32)/t15-,16?,17?,18+/m1/s1. The van der Waals surface area contributed by atoms with Crippen molar-refractivity contribution in [2.45, 2.75) is 24.9 Å². The molecule has 9 nitrogen and oxygen atoms in total. The van der Waals surface area contributed by atoms with Crippen molar-refractivity contribution in [3.8, 4) is 22.9 Å². The molecular formula is C25H30N6O3. The summed E-state index contributed by atoms with van der Waals surface area (Å²) in [5, 5.41) is 7.58. The molecule has 7 rings (SSSR count). The second kappa shape index (κ2) is 8.25. The van der Waals surface area contributed by atoms with E-state index in [4.69, 9.17) is 9.47 Å². The number of methoxy groups -OCH3 is 2. The van der Waals surface area contributed by atoms with Crippen LogP contribution in [0.3, 0.4) is 0 Å². The van der Waals surface area contributed by atoms with Gasteiger partial charge in [0.25, 0.3) is 0 Å². The number of ether oxygens (including phenoxy) is 2. The SMILES string of the molecule is COc1ccnc(OC)c1-c1cc2cc(NC(=O)[C@H]3C[C@@H]3CN3CC4CC(C3)N4)ncc2n1C. The topological polar surface area (TPSA) is 93.5 Å². The van der Waals surface area contributed by atoms with Crippen LogP contribution in [0, 0.1) is 11.8 Å². The van der Waals surface area contributed by atoms with Crippen molar-refractivity contribution >= 4 is 22.6 Å². The van der Waals surface area contributed by atoms with Crippen molar-refractivity contribution in [1.29, 1.82) is 0 Å². The van der Waals surface area contributed by atoms with Gasteiger partial charge in [-0.05, 0) is 37.0 Å². The number of piperidine rings is 1. The summed E-state index contributed by atoms with van der Waals surface area (Å²) >= 11 is 0. The molecule has 1 saturated carbocycles. The third-order valence-electron chi connectivity index (χ3n) is 7.48. The van der Waals surface area contributed by atoms with E-state index in [-0.39, 0.29) is 11.8 Å². The molecule has 0 radical (unpaired) electrons. The maximum Gasteiger partial charge on any atom is 0.228 e. The molecule has 0 aromatic carbocycles. The fourth-order valence-corrected chi connectivity index (χ4v) is 5.60. The first kappa shape index (κ1) is 21.4. The molecule has 34 heavy (non-hydrogen) atoms. The van der Waals surface area contributed by atoms with Crippen LogP contribution in [-0.4, -0.2) is 71.3 Å². The monoisotopic (exact) mass is 462 g/mol. The Kier molecular flexibility index (Phi) is 5.18. The van der Waals surface area contributed by atoms with Gasteiger partial charge in [0.2, 0.25) is 11.8 Å². The van der Waals surface area contributed by atoms with Crippen molar-refractivity contribution in [2.75, 3.05) is 39.2 Å². The average molecular weight is 463 g/mol. The molecule has 9 heteroatoms. The first-order valence-electron chi connectivity index (χ1n) is 11.9. The highest BCUT2D eigenvalue weighted by molar-refractivity contribution is 5.96. The molecule has 3 aromatic rings. The van der Waals surface area contributed by atoms with Gasteiger partial charge < -0.3 is 24.7 Å². The van der Waals surface area contributed by atoms with Gasteiger partial charge in [0.15, 0.2) is 0 Å². The molecule has 6 heterocycles. The summed E-state index contributed by atoms with van der Waals surface area (Å²) in [4.78, 5) is 24.2. The van der Waals surface area contributed by atoms with Crippen molar-refractivity contribution in [3.05, 3.63) is 30.6 Å². The predicted octanol–water partition coefficient (Wildman–Crippen LogP) is 2.27. The second-order valence-corrected chi connectivity index (χ2v) is 9.72. The van der Waals surface area contributed by atoms with Crippen LogP contribution in [0.15, 0.2) is 30.6 Å². The Morgan fingerprint density at radius 3 is 2.71 bits per heavy atom. The van der Waals surface area contributed by atoms with Crippen LogP contribution in [0.5, 0.6) is 11.6 Å². The van der Waals surface area contributed by atoms with Crippen LogP contribution < -0.4 is 20.1 Å². The number of hydrogen-bond acceptors (Lipinski definition) is 7. The van der Waals surface area contributed by atoms with E-state index in [1.165, 1.54) is 6.42 Å². The van der Waals surface area contributed by atoms with E-state index in [1.807, 2.05) is 29.8 Å². The number of anilines is 1. The van der Waals surface area contributed by atoms with E-state index in [0.717, 1.165) is 48.2 Å². The van der Waals surface area contributed by atoms with Crippen molar-refractivity contribution < 1.29 is 14.3 Å². The van der Waals surface area contributed by atoms with E-state index in [1.54, 1.807) is 26.6 Å². The highest BCUT2D eigenvalue weighted by Crippen LogP contribution is 2.41. The predicted molar refractivity (Wildman–Crippen MR) is 129 cm³/mol. The van der Waals surface area contributed by atoms with Crippen LogP contribution in [-0.2, 0) is 11.8 Å². The molecule has 1 aliphatic carbocycles. The Labute approximate surface area is 198 Å². The first-order valence-corrected chi connectivity index (χ1v) is 11.9. The quantitative estimate of drug-likeness (QED) is 0.556. The first-order chi connectivity index (χ1) is 16.5. The highest BCUT2D eigenvalue weighted by Gasteiger charge is 2.46. The molecule has 178 valence electrons. The fourth-order valence-electron chi connectivity index (χ4n) is 5.60. The van der Waals surface area contributed by atoms with Crippen LogP contribution in [0.25, 0.3) is 22.2 Å². The molecule has 3 aliphatic heterocycles. The lowest BCUT2D eigenvalue weighted by molar-refractivity contribution is -0.117. The van der Waals surface area contributed by atoms with Gasteiger partial charge in [0.05, 0.1) is 31.6 Å². The Balaban J connectivity index is 1.18. The third kappa shape index (κ3) is 3.69. The molecule has 2 N–H and O–H groups in total. The number of hydrogen-bond donors (Lipinski definition) is 2. The summed E-state index contributed by atoms with van der Waals surface area (Å²) in [6.07, 6.45) is 5.72. The van der Waals surface area contributed by atoms with E-state index >= 15 is 0 Å². The minimum atomic E-state index is 0.0731. The summed E-state index contributed by atoms with van der Waals surface area (Å²) in [5.41, 5.74) is 2.63. The minimum Gasteiger partial charge on any atom is -0.496 e. The number of carbonyl (C=O) groups is 1. The third-order valence-corrected chi connectivity index (χ3v) is 7.48. The van der Waals surface area contributed by atoms with Gasteiger partial charge in [0, 0.05) is 56.3 Å². The van der Waals surface area contributed by atoms with Gasteiger partial charge >= 0.3 is 0 Å². The molecule has 3 saturated heterocycles. The molecule has 1 amide bonds. The Morgan fingerprint density at radius 2 is 1.97 bits per heavy atom. The second-order valence-electron chi connectivity index (χ2n) is 9.72. The molecule has 0 spiro atoms. The van der Waals surface area contributed by atoms with E-state index in [9.17, 15) is 4.79 Å². The van der Waals surface area contributed by atoms with Crippen LogP contribution in [0.1, 0.15) is 12.8 Å². The number of nitrogens with zero attached hydrogens (tertiary/aromatic N) is 4. The van der Waals surface area contributed by atoms with Crippen molar-refractivity contribution in [1.82, 2.24) is 24.8 Å². The number of carbonyl (C=O) groups excluding carboxylic acids is 1. The summed E-state index contributed by atoms with van der Waals surface area (Å²) < 4.78 is 13.1. The van der Waals surface area contributed by atoms with Gasteiger partial charge in [0.1, 0.15) is 17.1 Å². The summed E-state index contributed by atoms with van der Waals surface area (Å²) in [6, 6.07) is 7.10. The van der Waals surface area contributed by atoms with Gasteiger partial charge in [-0.25, -0.2) is 9.97 Å². The molecule has 3 aromatic heterocycles. The lowest BCUT2D eigenvalue weighted by Crippen LogP contribution is -2.66. The largest absolute Gasteiger partial charge is 0.496 e. The van der Waals surface area contributed by atoms with Crippen LogP contribution in [0.4, 0.5) is 5.82 Å². The molecule has 4 aliphatic rings. The number of rotatable bonds is 7. The molecule has 2 bridgehead atoms. The summed E-state index contributed by atoms with van der Waals surface area (Å²) in [7, 11) is 5.20. The number of fused-ring (bicyclic) bond motifs is 3. The van der Waals surface area contributed by atoms with Gasteiger partial charge in [-0.3, -0.25) is 9.69 Å². The maximum atomic E-state index is 12.9.